The number of nitrogen functional groups attached to an aromatic ring is 1. The first kappa shape index (κ1) is 13.3. The predicted octanol–water partition coefficient (Wildman–Crippen LogP) is 2.36. The molecule has 0 bridgehead atoms. The van der Waals surface area contributed by atoms with Gasteiger partial charge in [0.05, 0.1) is 18.8 Å². The lowest BCUT2D eigenvalue weighted by atomic mass is 10.2. The summed E-state index contributed by atoms with van der Waals surface area (Å²) in [5, 5.41) is 7.60. The van der Waals surface area contributed by atoms with E-state index in [1.54, 1.807) is 6.20 Å². The van der Waals surface area contributed by atoms with Gasteiger partial charge in [-0.1, -0.05) is 0 Å². The molecule has 1 atom stereocenters. The minimum Gasteiger partial charge on any atom is -0.492 e. The molecule has 0 spiro atoms. The fraction of sp³-hybridized carbons (Fsp3) is 0.357. The molecule has 0 fully saturated rings. The highest BCUT2D eigenvalue weighted by Crippen LogP contribution is 2.25. The minimum atomic E-state index is 0.262. The summed E-state index contributed by atoms with van der Waals surface area (Å²) in [5.74, 6) is 0.721. The molecule has 0 aliphatic rings. The fourth-order valence-corrected chi connectivity index (χ4v) is 1.92. The number of ether oxygens (including phenoxy) is 1. The van der Waals surface area contributed by atoms with Crippen LogP contribution in [0, 0.1) is 0 Å². The Bertz CT molecular complexity index is 510. The Balaban J connectivity index is 2.00. The van der Waals surface area contributed by atoms with Crippen molar-refractivity contribution in [1.29, 1.82) is 0 Å². The van der Waals surface area contributed by atoms with Gasteiger partial charge in [-0.2, -0.15) is 5.10 Å². The van der Waals surface area contributed by atoms with Crippen LogP contribution in [0.25, 0.3) is 0 Å². The summed E-state index contributed by atoms with van der Waals surface area (Å²) in [6, 6.07) is 7.92. The van der Waals surface area contributed by atoms with Crippen LogP contribution < -0.4 is 15.8 Å². The molecule has 1 aromatic heterocycles. The Morgan fingerprint density at radius 3 is 3.00 bits per heavy atom. The third-order valence-electron chi connectivity index (χ3n) is 2.75. The topological polar surface area (TPSA) is 65.1 Å². The van der Waals surface area contributed by atoms with Crippen molar-refractivity contribution in [3.63, 3.8) is 0 Å². The van der Waals surface area contributed by atoms with Crippen LogP contribution >= 0.6 is 0 Å². The Kier molecular flexibility index (Phi) is 4.28. The average molecular weight is 260 g/mol. The number of benzene rings is 1. The van der Waals surface area contributed by atoms with Gasteiger partial charge in [0, 0.05) is 30.2 Å². The first-order valence-corrected chi connectivity index (χ1v) is 6.45. The monoisotopic (exact) mass is 260 g/mol. The number of aromatic nitrogens is 2. The highest BCUT2D eigenvalue weighted by molar-refractivity contribution is 5.61. The molecule has 1 unspecified atom stereocenters. The first-order valence-electron chi connectivity index (χ1n) is 6.45. The van der Waals surface area contributed by atoms with Crippen molar-refractivity contribution in [3.8, 4) is 5.75 Å². The molecule has 102 valence electrons. The molecule has 3 N–H and O–H groups in total. The molecule has 0 aliphatic heterocycles. The molecule has 0 saturated carbocycles. The highest BCUT2D eigenvalue weighted by Gasteiger charge is 2.06. The number of rotatable bonds is 6. The number of anilines is 2. The Morgan fingerprint density at radius 1 is 1.47 bits per heavy atom. The molecule has 2 aromatic rings. The van der Waals surface area contributed by atoms with E-state index in [4.69, 9.17) is 10.5 Å². The maximum Gasteiger partial charge on any atom is 0.144 e. The summed E-state index contributed by atoms with van der Waals surface area (Å²) >= 11 is 0. The third kappa shape index (κ3) is 3.64. The van der Waals surface area contributed by atoms with Crippen molar-refractivity contribution in [1.82, 2.24) is 9.78 Å². The number of hydrogen-bond donors (Lipinski definition) is 2. The van der Waals surface area contributed by atoms with Crippen LogP contribution in [-0.4, -0.2) is 22.4 Å². The maximum absolute atomic E-state index is 5.85. The molecule has 0 amide bonds. The van der Waals surface area contributed by atoms with Gasteiger partial charge in [-0.15, -0.1) is 0 Å². The van der Waals surface area contributed by atoms with E-state index in [0.29, 0.717) is 12.3 Å². The Labute approximate surface area is 113 Å². The lowest BCUT2D eigenvalue weighted by molar-refractivity contribution is 0.342. The van der Waals surface area contributed by atoms with Gasteiger partial charge in [0.15, 0.2) is 0 Å². The van der Waals surface area contributed by atoms with Crippen LogP contribution in [0.5, 0.6) is 5.75 Å². The van der Waals surface area contributed by atoms with Gasteiger partial charge in [0.1, 0.15) is 5.75 Å². The molecule has 0 saturated heterocycles. The Morgan fingerprint density at radius 2 is 2.32 bits per heavy atom. The van der Waals surface area contributed by atoms with E-state index >= 15 is 0 Å². The Hall–Kier alpha value is -2.17. The molecule has 5 nitrogen and oxygen atoms in total. The largest absolute Gasteiger partial charge is 0.492 e. The average Bonchev–Trinajstić information content (AvgIpc) is 2.86. The summed E-state index contributed by atoms with van der Waals surface area (Å²) in [7, 11) is 0. The molecule has 1 heterocycles. The van der Waals surface area contributed by atoms with E-state index in [2.05, 4.69) is 17.3 Å². The summed E-state index contributed by atoms with van der Waals surface area (Å²) in [5.41, 5.74) is 7.51. The molecule has 0 radical (unpaired) electrons. The molecule has 5 heteroatoms. The normalized spacial score (nSPS) is 12.1. The second-order valence-electron chi connectivity index (χ2n) is 4.46. The van der Waals surface area contributed by atoms with Crippen LogP contribution in [0.2, 0.25) is 0 Å². The second kappa shape index (κ2) is 6.13. The summed E-state index contributed by atoms with van der Waals surface area (Å²) in [6.45, 7) is 5.47. The van der Waals surface area contributed by atoms with Gasteiger partial charge in [0.2, 0.25) is 0 Å². The molecule has 2 rings (SSSR count). The third-order valence-corrected chi connectivity index (χ3v) is 2.75. The quantitative estimate of drug-likeness (QED) is 0.783. The number of hydrogen-bond acceptors (Lipinski definition) is 4. The predicted molar refractivity (Wildman–Crippen MR) is 77.3 cm³/mol. The number of nitrogens with zero attached hydrogens (tertiary/aromatic N) is 2. The van der Waals surface area contributed by atoms with E-state index in [1.165, 1.54) is 0 Å². The van der Waals surface area contributed by atoms with Crippen LogP contribution in [-0.2, 0) is 6.54 Å². The van der Waals surface area contributed by atoms with Crippen molar-refractivity contribution < 1.29 is 4.74 Å². The number of nitrogens with two attached hydrogens (primary N) is 1. The summed E-state index contributed by atoms with van der Waals surface area (Å²) in [4.78, 5) is 0. The van der Waals surface area contributed by atoms with Gasteiger partial charge in [0.25, 0.3) is 0 Å². The van der Waals surface area contributed by atoms with Crippen LogP contribution in [0.15, 0.2) is 36.7 Å². The highest BCUT2D eigenvalue weighted by atomic mass is 16.5. The minimum absolute atomic E-state index is 0.262. The smallest absolute Gasteiger partial charge is 0.144 e. The molecule has 0 aliphatic carbocycles. The first-order chi connectivity index (χ1) is 9.19. The summed E-state index contributed by atoms with van der Waals surface area (Å²) < 4.78 is 7.38. The van der Waals surface area contributed by atoms with E-state index in [-0.39, 0.29) is 6.04 Å². The fourth-order valence-electron chi connectivity index (χ4n) is 1.92. The lowest BCUT2D eigenvalue weighted by Gasteiger charge is -2.16. The van der Waals surface area contributed by atoms with Gasteiger partial charge in [-0.3, -0.25) is 4.68 Å². The molecule has 19 heavy (non-hydrogen) atoms. The molecule has 1 aromatic carbocycles. The van der Waals surface area contributed by atoms with Gasteiger partial charge < -0.3 is 15.8 Å². The van der Waals surface area contributed by atoms with Crippen molar-refractivity contribution >= 4 is 11.4 Å². The standard InChI is InChI=1S/C14H20N4O/c1-3-19-14-9-12(5-6-13(14)15)17-11(2)10-18-8-4-7-16-18/h4-9,11,17H,3,10,15H2,1-2H3. The van der Waals surface area contributed by atoms with E-state index in [1.807, 2.05) is 42.1 Å². The van der Waals surface area contributed by atoms with Crippen molar-refractivity contribution in [2.75, 3.05) is 17.7 Å². The van der Waals surface area contributed by atoms with Gasteiger partial charge in [-0.25, -0.2) is 0 Å². The van der Waals surface area contributed by atoms with Crippen LogP contribution in [0.1, 0.15) is 13.8 Å². The van der Waals surface area contributed by atoms with Crippen LogP contribution in [0.4, 0.5) is 11.4 Å². The SMILES string of the molecule is CCOc1cc(NC(C)Cn2cccn2)ccc1N. The van der Waals surface area contributed by atoms with Crippen molar-refractivity contribution in [2.45, 2.75) is 26.4 Å². The van der Waals surface area contributed by atoms with Gasteiger partial charge in [-0.05, 0) is 32.0 Å². The van der Waals surface area contributed by atoms with E-state index in [9.17, 15) is 0 Å². The van der Waals surface area contributed by atoms with E-state index in [0.717, 1.165) is 18.0 Å². The number of nitrogens with one attached hydrogen (secondary N) is 1. The molecular formula is C14H20N4O. The van der Waals surface area contributed by atoms with E-state index < -0.39 is 0 Å². The van der Waals surface area contributed by atoms with Crippen molar-refractivity contribution in [2.24, 2.45) is 0 Å². The summed E-state index contributed by atoms with van der Waals surface area (Å²) in [6.07, 6.45) is 3.73. The zero-order valence-corrected chi connectivity index (χ0v) is 11.3. The van der Waals surface area contributed by atoms with Crippen molar-refractivity contribution in [3.05, 3.63) is 36.7 Å². The lowest BCUT2D eigenvalue weighted by Crippen LogP contribution is -2.22. The second-order valence-corrected chi connectivity index (χ2v) is 4.46. The zero-order chi connectivity index (χ0) is 13.7. The maximum atomic E-state index is 5.85. The van der Waals surface area contributed by atoms with Crippen LogP contribution in [0.3, 0.4) is 0 Å². The van der Waals surface area contributed by atoms with Gasteiger partial charge >= 0.3 is 0 Å². The molecular weight excluding hydrogens is 240 g/mol. The zero-order valence-electron chi connectivity index (χ0n) is 11.3.